The van der Waals surface area contributed by atoms with Gasteiger partial charge in [0, 0.05) is 17.7 Å². The van der Waals surface area contributed by atoms with Crippen molar-refractivity contribution in [1.29, 1.82) is 0 Å². The molecule has 0 saturated carbocycles. The van der Waals surface area contributed by atoms with Crippen molar-refractivity contribution < 1.29 is 44.1 Å². The fourth-order valence-corrected chi connectivity index (χ4v) is 2.50. The third kappa shape index (κ3) is 3.48. The van der Waals surface area contributed by atoms with E-state index in [0.29, 0.717) is 0 Å². The minimum Gasteiger partial charge on any atom is -0.508 e. The van der Waals surface area contributed by atoms with Gasteiger partial charge in [-0.1, -0.05) is 0 Å². The van der Waals surface area contributed by atoms with Gasteiger partial charge in [-0.15, -0.1) is 0 Å². The molecule has 10 nitrogen and oxygen atoms in total. The highest BCUT2D eigenvalue weighted by atomic mass is 17.2. The lowest BCUT2D eigenvalue weighted by atomic mass is 10.1. The molecule has 0 unspecified atom stereocenters. The summed E-state index contributed by atoms with van der Waals surface area (Å²) < 4.78 is 10.8. The van der Waals surface area contributed by atoms with Crippen molar-refractivity contribution >= 4 is 16.9 Å². The highest BCUT2D eigenvalue weighted by Gasteiger charge is 2.22. The maximum absolute atomic E-state index is 12.9. The summed E-state index contributed by atoms with van der Waals surface area (Å²) in [7, 11) is 1.11. The molecule has 0 bridgehead atoms. The zero-order valence-electron chi connectivity index (χ0n) is 14.3. The van der Waals surface area contributed by atoms with Gasteiger partial charge in [0.1, 0.15) is 22.5 Å². The second-order valence-electron chi connectivity index (χ2n) is 5.54. The van der Waals surface area contributed by atoms with Crippen LogP contribution in [0.3, 0.4) is 0 Å². The van der Waals surface area contributed by atoms with E-state index in [0.717, 1.165) is 31.4 Å². The SMILES string of the molecule is COOC(=O)COc1c(-c2ccc(O)c(O)c2)oc2cc(O)cc(O)c2c1=O. The largest absolute Gasteiger partial charge is 0.508 e. The Balaban J connectivity index is 2.23. The lowest BCUT2D eigenvalue weighted by Crippen LogP contribution is -2.18. The summed E-state index contributed by atoms with van der Waals surface area (Å²) in [5.41, 5.74) is -0.893. The molecular weight excluding hydrogens is 376 g/mol. The van der Waals surface area contributed by atoms with E-state index in [2.05, 4.69) is 9.78 Å². The number of phenolic OH excluding ortho intramolecular Hbond substituents is 4. The highest BCUT2D eigenvalue weighted by Crippen LogP contribution is 2.38. The summed E-state index contributed by atoms with van der Waals surface area (Å²) in [4.78, 5) is 32.8. The molecule has 0 fully saturated rings. The number of hydrogen-bond donors (Lipinski definition) is 4. The number of benzene rings is 2. The molecule has 2 aromatic carbocycles. The van der Waals surface area contributed by atoms with Gasteiger partial charge in [-0.25, -0.2) is 4.79 Å². The zero-order valence-corrected chi connectivity index (χ0v) is 14.3. The van der Waals surface area contributed by atoms with E-state index in [1.54, 1.807) is 0 Å². The zero-order chi connectivity index (χ0) is 20.4. The van der Waals surface area contributed by atoms with Crippen molar-refractivity contribution in [2.45, 2.75) is 0 Å². The third-order valence-electron chi connectivity index (χ3n) is 3.67. The summed E-state index contributed by atoms with van der Waals surface area (Å²) in [5, 5.41) is 38.6. The number of phenols is 4. The minimum atomic E-state index is -0.948. The van der Waals surface area contributed by atoms with E-state index in [9.17, 15) is 30.0 Å². The first-order chi connectivity index (χ1) is 13.3. The van der Waals surface area contributed by atoms with Gasteiger partial charge in [-0.05, 0) is 18.2 Å². The van der Waals surface area contributed by atoms with E-state index >= 15 is 0 Å². The lowest BCUT2D eigenvalue weighted by Gasteiger charge is -2.12. The number of carbonyl (C=O) groups excluding carboxylic acids is 1. The molecule has 0 spiro atoms. The normalized spacial score (nSPS) is 10.8. The first-order valence-electron chi connectivity index (χ1n) is 7.73. The van der Waals surface area contributed by atoms with Gasteiger partial charge in [0.05, 0.1) is 7.11 Å². The maximum Gasteiger partial charge on any atom is 0.379 e. The Kier molecular flexibility index (Phi) is 4.96. The van der Waals surface area contributed by atoms with Gasteiger partial charge in [0.2, 0.25) is 11.2 Å². The average molecular weight is 390 g/mol. The molecule has 1 heterocycles. The number of fused-ring (bicyclic) bond motifs is 1. The summed E-state index contributed by atoms with van der Waals surface area (Å²) in [6, 6.07) is 5.61. The van der Waals surface area contributed by atoms with Crippen LogP contribution in [0.2, 0.25) is 0 Å². The van der Waals surface area contributed by atoms with Crippen LogP contribution < -0.4 is 10.2 Å². The predicted octanol–water partition coefficient (Wildman–Crippen LogP) is 1.77. The number of aromatic hydroxyl groups is 4. The topological polar surface area (TPSA) is 156 Å². The van der Waals surface area contributed by atoms with Crippen LogP contribution in [0.15, 0.2) is 39.5 Å². The fourth-order valence-electron chi connectivity index (χ4n) is 2.50. The molecule has 4 N–H and O–H groups in total. The van der Waals surface area contributed by atoms with Crippen molar-refractivity contribution in [3.05, 3.63) is 40.6 Å². The highest BCUT2D eigenvalue weighted by molar-refractivity contribution is 5.88. The van der Waals surface area contributed by atoms with E-state index in [1.807, 2.05) is 0 Å². The Hall–Kier alpha value is -3.92. The molecule has 0 amide bonds. The molecule has 0 atom stereocenters. The Morgan fingerprint density at radius 1 is 1.04 bits per heavy atom. The number of carbonyl (C=O) groups is 1. The van der Waals surface area contributed by atoms with E-state index in [-0.39, 0.29) is 28.0 Å². The molecule has 0 radical (unpaired) electrons. The molecule has 3 rings (SSSR count). The first kappa shape index (κ1) is 18.9. The number of rotatable bonds is 5. The van der Waals surface area contributed by atoms with Crippen LogP contribution in [-0.4, -0.2) is 40.1 Å². The van der Waals surface area contributed by atoms with Gasteiger partial charge >= 0.3 is 5.97 Å². The van der Waals surface area contributed by atoms with Crippen LogP contribution in [0.4, 0.5) is 0 Å². The first-order valence-corrected chi connectivity index (χ1v) is 7.73. The molecule has 0 aliphatic heterocycles. The van der Waals surface area contributed by atoms with Gasteiger partial charge in [0.15, 0.2) is 23.9 Å². The number of ether oxygens (including phenoxy) is 1. The summed E-state index contributed by atoms with van der Waals surface area (Å²) in [5.74, 6) is -3.46. The summed E-state index contributed by atoms with van der Waals surface area (Å²) >= 11 is 0. The van der Waals surface area contributed by atoms with E-state index in [1.165, 1.54) is 6.07 Å². The van der Waals surface area contributed by atoms with Gasteiger partial charge in [-0.3, -0.25) is 9.68 Å². The van der Waals surface area contributed by atoms with Crippen LogP contribution in [-0.2, 0) is 14.6 Å². The maximum atomic E-state index is 12.9. The summed E-state index contributed by atoms with van der Waals surface area (Å²) in [6.45, 7) is -0.722. The van der Waals surface area contributed by atoms with Gasteiger partial charge in [0.25, 0.3) is 0 Å². The smallest absolute Gasteiger partial charge is 0.379 e. The molecule has 1 aromatic heterocycles. The second kappa shape index (κ2) is 7.37. The molecule has 0 aliphatic rings. The van der Waals surface area contributed by atoms with Crippen LogP contribution >= 0.6 is 0 Å². The van der Waals surface area contributed by atoms with Crippen molar-refractivity contribution in [3.63, 3.8) is 0 Å². The van der Waals surface area contributed by atoms with Crippen molar-refractivity contribution in [2.24, 2.45) is 0 Å². The Bertz CT molecular complexity index is 1120. The van der Waals surface area contributed by atoms with E-state index < -0.39 is 41.0 Å². The minimum absolute atomic E-state index is 0.118. The standard InChI is InChI=1S/C18H14O10/c1-25-28-14(23)7-26-18-16(24)15-12(22)5-9(19)6-13(15)27-17(18)8-2-3-10(20)11(21)4-8/h2-6,19-22H,7H2,1H3. The van der Waals surface area contributed by atoms with E-state index in [4.69, 9.17) is 9.15 Å². The van der Waals surface area contributed by atoms with Crippen LogP contribution in [0.25, 0.3) is 22.3 Å². The van der Waals surface area contributed by atoms with Crippen molar-refractivity contribution in [1.82, 2.24) is 0 Å². The van der Waals surface area contributed by atoms with Crippen molar-refractivity contribution in [3.8, 4) is 40.1 Å². The number of hydrogen-bond acceptors (Lipinski definition) is 10. The second-order valence-corrected chi connectivity index (χ2v) is 5.54. The molecule has 146 valence electrons. The molecule has 28 heavy (non-hydrogen) atoms. The molecule has 0 saturated heterocycles. The molecular formula is C18H14O10. The van der Waals surface area contributed by atoms with Crippen molar-refractivity contribution in [2.75, 3.05) is 13.7 Å². The molecule has 10 heteroatoms. The Labute approximate surface area is 156 Å². The van der Waals surface area contributed by atoms with Crippen LogP contribution in [0.5, 0.6) is 28.7 Å². The molecule has 0 aliphatic carbocycles. The quantitative estimate of drug-likeness (QED) is 0.288. The Morgan fingerprint density at radius 3 is 2.46 bits per heavy atom. The van der Waals surface area contributed by atoms with Gasteiger partial charge < -0.3 is 29.6 Å². The predicted molar refractivity (Wildman–Crippen MR) is 93.2 cm³/mol. The Morgan fingerprint density at radius 2 is 1.79 bits per heavy atom. The van der Waals surface area contributed by atoms with Crippen LogP contribution in [0.1, 0.15) is 0 Å². The molecule has 3 aromatic rings. The lowest BCUT2D eigenvalue weighted by molar-refractivity contribution is -0.256. The fraction of sp³-hybridized carbons (Fsp3) is 0.111. The van der Waals surface area contributed by atoms with Crippen LogP contribution in [0, 0.1) is 0 Å². The summed E-state index contributed by atoms with van der Waals surface area (Å²) in [6.07, 6.45) is 0. The third-order valence-corrected chi connectivity index (χ3v) is 3.67. The average Bonchev–Trinajstić information content (AvgIpc) is 2.62. The monoisotopic (exact) mass is 390 g/mol. The van der Waals surface area contributed by atoms with Gasteiger partial charge in [-0.2, -0.15) is 4.89 Å².